The number of ether oxygens (including phenoxy) is 1. The fourth-order valence-corrected chi connectivity index (χ4v) is 4.05. The molecule has 2 N–H and O–H groups in total. The third kappa shape index (κ3) is 2.80. The van der Waals surface area contributed by atoms with Crippen molar-refractivity contribution in [2.75, 3.05) is 12.3 Å². The van der Waals surface area contributed by atoms with E-state index in [4.69, 9.17) is 10.5 Å². The van der Waals surface area contributed by atoms with Gasteiger partial charge in [-0.2, -0.15) is 10.5 Å². The van der Waals surface area contributed by atoms with Gasteiger partial charge in [0.15, 0.2) is 0 Å². The maximum Gasteiger partial charge on any atom is 0.142 e. The average molecular weight is 392 g/mol. The molecule has 4 rings (SSSR count). The Kier molecular flexibility index (Phi) is 4.74. The molecule has 30 heavy (non-hydrogen) atoms. The number of anilines is 1. The van der Waals surface area contributed by atoms with Gasteiger partial charge in [0.1, 0.15) is 23.7 Å². The zero-order chi connectivity index (χ0) is 21.4. The van der Waals surface area contributed by atoms with Gasteiger partial charge >= 0.3 is 0 Å². The van der Waals surface area contributed by atoms with Crippen molar-refractivity contribution < 1.29 is 4.74 Å². The summed E-state index contributed by atoms with van der Waals surface area (Å²) in [7, 11) is 0. The van der Waals surface area contributed by atoms with Crippen molar-refractivity contribution in [3.63, 3.8) is 0 Å². The smallest absolute Gasteiger partial charge is 0.142 e. The molecule has 1 heterocycles. The predicted molar refractivity (Wildman–Crippen MR) is 119 cm³/mol. The number of nitriles is 2. The Balaban J connectivity index is 2.09. The third-order valence-corrected chi connectivity index (χ3v) is 5.50. The van der Waals surface area contributed by atoms with Crippen molar-refractivity contribution in [1.82, 2.24) is 4.98 Å². The van der Waals surface area contributed by atoms with Gasteiger partial charge in [0.25, 0.3) is 0 Å². The number of fused-ring (bicyclic) bond motifs is 2. The van der Waals surface area contributed by atoms with E-state index in [1.54, 1.807) is 0 Å². The molecule has 3 aromatic rings. The fourth-order valence-electron chi connectivity index (χ4n) is 4.05. The fraction of sp³-hybridized carbons (Fsp3) is 0.160. The topological polar surface area (TPSA) is 95.7 Å². The summed E-state index contributed by atoms with van der Waals surface area (Å²) in [5.41, 5.74) is 11.5. The minimum Gasteiger partial charge on any atom is -0.493 e. The second-order valence-electron chi connectivity index (χ2n) is 7.13. The first kappa shape index (κ1) is 19.2. The minimum atomic E-state index is 0.149. The quantitative estimate of drug-likeness (QED) is 0.657. The minimum absolute atomic E-state index is 0.149. The van der Waals surface area contributed by atoms with Crippen LogP contribution in [0.1, 0.15) is 41.8 Å². The molecule has 1 aliphatic rings. The molecule has 146 valence electrons. The van der Waals surface area contributed by atoms with Crippen LogP contribution >= 0.6 is 0 Å². The summed E-state index contributed by atoms with van der Waals surface area (Å²) in [5, 5.41) is 21.5. The largest absolute Gasteiger partial charge is 0.493 e. The van der Waals surface area contributed by atoms with E-state index in [1.165, 1.54) is 0 Å². The number of aromatic nitrogens is 1. The predicted octanol–water partition coefficient (Wildman–Crippen LogP) is 5.25. The molecular formula is C25H20N4O. The van der Waals surface area contributed by atoms with Crippen LogP contribution < -0.4 is 10.5 Å². The van der Waals surface area contributed by atoms with E-state index >= 15 is 0 Å². The van der Waals surface area contributed by atoms with Gasteiger partial charge in [-0.25, -0.2) is 4.98 Å². The summed E-state index contributed by atoms with van der Waals surface area (Å²) in [4.78, 5) is 4.40. The molecule has 0 fully saturated rings. The zero-order valence-electron chi connectivity index (χ0n) is 17.1. The van der Waals surface area contributed by atoms with Gasteiger partial charge in [0.05, 0.1) is 23.4 Å². The lowest BCUT2D eigenvalue weighted by Crippen LogP contribution is -2.04. The van der Waals surface area contributed by atoms with Crippen LogP contribution in [0.5, 0.6) is 5.75 Å². The number of nitrogens with two attached hydrogens (primary N) is 1. The van der Waals surface area contributed by atoms with Crippen LogP contribution in [0.2, 0.25) is 0 Å². The Morgan fingerprint density at radius 2 is 1.87 bits per heavy atom. The summed E-state index contributed by atoms with van der Waals surface area (Å²) in [6, 6.07) is 16.5. The van der Waals surface area contributed by atoms with E-state index in [1.807, 2.05) is 51.1 Å². The first-order valence-electron chi connectivity index (χ1n) is 9.70. The number of benzene rings is 2. The van der Waals surface area contributed by atoms with Crippen molar-refractivity contribution in [3.05, 3.63) is 69.9 Å². The van der Waals surface area contributed by atoms with Crippen LogP contribution in [0.3, 0.4) is 0 Å². The van der Waals surface area contributed by atoms with E-state index in [0.29, 0.717) is 23.4 Å². The van der Waals surface area contributed by atoms with Crippen LogP contribution in [0.25, 0.3) is 28.0 Å². The molecule has 0 amide bonds. The molecule has 1 aromatic heterocycles. The Labute approximate surface area is 175 Å². The van der Waals surface area contributed by atoms with Crippen molar-refractivity contribution >= 4 is 33.8 Å². The van der Waals surface area contributed by atoms with Crippen LogP contribution in [0, 0.1) is 29.6 Å². The SMILES string of the molecule is CCOc1ccc2ccccc2c1/C=C1\C(C)=C(C#N)c2nc(N)c(C#N)c(C)c21. The molecule has 0 atom stereocenters. The van der Waals surface area contributed by atoms with Crippen LogP contribution in [0.4, 0.5) is 5.82 Å². The lowest BCUT2D eigenvalue weighted by atomic mass is 9.94. The maximum atomic E-state index is 9.78. The number of nitrogens with zero attached hydrogens (tertiary/aromatic N) is 3. The van der Waals surface area contributed by atoms with Gasteiger partial charge in [-0.15, -0.1) is 0 Å². The van der Waals surface area contributed by atoms with E-state index in [0.717, 1.165) is 44.4 Å². The van der Waals surface area contributed by atoms with E-state index in [2.05, 4.69) is 29.3 Å². The number of allylic oxidation sites excluding steroid dienone is 3. The monoisotopic (exact) mass is 392 g/mol. The van der Waals surface area contributed by atoms with E-state index < -0.39 is 0 Å². The standard InChI is InChI=1S/C25H20N4O/c1-4-30-22-10-9-16-7-5-6-8-17(16)19(22)11-18-14(2)20(12-26)24-23(18)15(3)21(13-27)25(28)29-24/h5-11H,4H2,1-3H3,(H2,28,29)/b18-11+. The van der Waals surface area contributed by atoms with Gasteiger partial charge in [0.2, 0.25) is 0 Å². The van der Waals surface area contributed by atoms with Gasteiger partial charge in [-0.1, -0.05) is 30.3 Å². The summed E-state index contributed by atoms with van der Waals surface area (Å²) in [6.45, 7) is 6.24. The third-order valence-electron chi connectivity index (χ3n) is 5.50. The second kappa shape index (κ2) is 7.39. The summed E-state index contributed by atoms with van der Waals surface area (Å²) >= 11 is 0. The van der Waals surface area contributed by atoms with Crippen molar-refractivity contribution in [3.8, 4) is 17.9 Å². The second-order valence-corrected chi connectivity index (χ2v) is 7.13. The highest BCUT2D eigenvalue weighted by molar-refractivity contribution is 6.11. The normalized spacial score (nSPS) is 14.0. The molecule has 5 heteroatoms. The van der Waals surface area contributed by atoms with E-state index in [-0.39, 0.29) is 5.82 Å². The Morgan fingerprint density at radius 1 is 1.10 bits per heavy atom. The van der Waals surface area contributed by atoms with Gasteiger partial charge in [-0.05, 0) is 60.4 Å². The van der Waals surface area contributed by atoms with Crippen molar-refractivity contribution in [1.29, 1.82) is 10.5 Å². The molecular weight excluding hydrogens is 372 g/mol. The lowest BCUT2D eigenvalue weighted by Gasteiger charge is -2.14. The highest BCUT2D eigenvalue weighted by atomic mass is 16.5. The van der Waals surface area contributed by atoms with Gasteiger partial charge in [0, 0.05) is 11.1 Å². The number of hydrogen-bond acceptors (Lipinski definition) is 5. The molecule has 0 bridgehead atoms. The Hall–Kier alpha value is -4.09. The lowest BCUT2D eigenvalue weighted by molar-refractivity contribution is 0.340. The Bertz CT molecular complexity index is 1350. The van der Waals surface area contributed by atoms with Gasteiger partial charge in [-0.3, -0.25) is 0 Å². The van der Waals surface area contributed by atoms with Crippen LogP contribution in [0.15, 0.2) is 42.0 Å². The molecule has 0 saturated carbocycles. The summed E-state index contributed by atoms with van der Waals surface area (Å²) < 4.78 is 5.91. The summed E-state index contributed by atoms with van der Waals surface area (Å²) in [5.74, 6) is 0.917. The molecule has 0 radical (unpaired) electrons. The van der Waals surface area contributed by atoms with Gasteiger partial charge < -0.3 is 10.5 Å². The molecule has 0 saturated heterocycles. The molecule has 5 nitrogen and oxygen atoms in total. The summed E-state index contributed by atoms with van der Waals surface area (Å²) in [6.07, 6.45) is 2.04. The number of rotatable bonds is 3. The molecule has 0 unspecified atom stereocenters. The number of pyridine rings is 1. The van der Waals surface area contributed by atoms with Crippen molar-refractivity contribution in [2.24, 2.45) is 0 Å². The first-order chi connectivity index (χ1) is 14.5. The average Bonchev–Trinajstić information content (AvgIpc) is 3.00. The van der Waals surface area contributed by atoms with Crippen molar-refractivity contribution in [2.45, 2.75) is 20.8 Å². The molecule has 1 aliphatic carbocycles. The zero-order valence-corrected chi connectivity index (χ0v) is 17.1. The van der Waals surface area contributed by atoms with Crippen LogP contribution in [-0.4, -0.2) is 11.6 Å². The highest BCUT2D eigenvalue weighted by Gasteiger charge is 2.30. The first-order valence-corrected chi connectivity index (χ1v) is 9.70. The maximum absolute atomic E-state index is 9.78. The Morgan fingerprint density at radius 3 is 2.57 bits per heavy atom. The number of nitrogen functional groups attached to an aromatic ring is 1. The molecule has 2 aromatic carbocycles. The molecule has 0 spiro atoms. The highest BCUT2D eigenvalue weighted by Crippen LogP contribution is 2.45. The van der Waals surface area contributed by atoms with E-state index in [9.17, 15) is 10.5 Å². The number of hydrogen-bond donors (Lipinski definition) is 1. The molecule has 0 aliphatic heterocycles. The van der Waals surface area contributed by atoms with Crippen LogP contribution in [-0.2, 0) is 0 Å².